The Kier molecular flexibility index (Phi) is 12.2. The van der Waals surface area contributed by atoms with Crippen LogP contribution in [0.2, 0.25) is 0 Å². The minimum Gasteiger partial charge on any atom is -0.494 e. The fraction of sp³-hybridized carbons (Fsp3) is 0.606. The molecule has 0 aliphatic heterocycles. The number of rotatable bonds is 15. The van der Waals surface area contributed by atoms with Crippen LogP contribution in [0, 0.1) is 23.2 Å². The molecule has 0 heterocycles. The van der Waals surface area contributed by atoms with E-state index in [1.54, 1.807) is 0 Å². The summed E-state index contributed by atoms with van der Waals surface area (Å²) in [4.78, 5) is 0. The van der Waals surface area contributed by atoms with Gasteiger partial charge < -0.3 is 4.74 Å². The first kappa shape index (κ1) is 27.3. The molecule has 0 saturated heterocycles. The first-order valence-corrected chi connectivity index (χ1v) is 14.5. The smallest absolute Gasteiger partial charge is 0.119 e. The average molecular weight is 474 g/mol. The van der Waals surface area contributed by atoms with Gasteiger partial charge in [0.2, 0.25) is 0 Å². The summed E-state index contributed by atoms with van der Waals surface area (Å²) in [5.74, 6) is 2.49. The zero-order chi connectivity index (χ0) is 24.7. The van der Waals surface area contributed by atoms with Crippen molar-refractivity contribution < 1.29 is 4.74 Å². The number of ether oxygens (including phenoxy) is 1. The van der Waals surface area contributed by atoms with E-state index in [1.165, 1.54) is 93.7 Å². The summed E-state index contributed by atoms with van der Waals surface area (Å²) >= 11 is 0. The highest BCUT2D eigenvalue weighted by Crippen LogP contribution is 2.40. The van der Waals surface area contributed by atoms with Gasteiger partial charge in [-0.2, -0.15) is 5.26 Å². The topological polar surface area (TPSA) is 33.0 Å². The number of nitriles is 1. The SMILES string of the molecule is CCCCCCCC(C#N)C1CCC(c2ccc(-c3ccc(OCCCCCC)cc3)cc2)CC1. The van der Waals surface area contributed by atoms with Crippen molar-refractivity contribution >= 4 is 0 Å². The van der Waals surface area contributed by atoms with Crippen molar-refractivity contribution in [3.63, 3.8) is 0 Å². The van der Waals surface area contributed by atoms with Crippen LogP contribution in [0.1, 0.15) is 115 Å². The Labute approximate surface area is 215 Å². The highest BCUT2D eigenvalue weighted by molar-refractivity contribution is 5.64. The van der Waals surface area contributed by atoms with Crippen molar-refractivity contribution in [2.24, 2.45) is 11.8 Å². The molecule has 190 valence electrons. The van der Waals surface area contributed by atoms with Crippen molar-refractivity contribution in [2.75, 3.05) is 6.61 Å². The van der Waals surface area contributed by atoms with E-state index in [9.17, 15) is 5.26 Å². The molecule has 35 heavy (non-hydrogen) atoms. The molecule has 1 atom stereocenters. The molecule has 1 unspecified atom stereocenters. The van der Waals surface area contributed by atoms with Crippen LogP contribution < -0.4 is 4.74 Å². The molecule has 2 aromatic rings. The van der Waals surface area contributed by atoms with Crippen LogP contribution in [0.3, 0.4) is 0 Å². The van der Waals surface area contributed by atoms with E-state index < -0.39 is 0 Å². The van der Waals surface area contributed by atoms with Crippen molar-refractivity contribution in [2.45, 2.75) is 110 Å². The second-order valence-electron chi connectivity index (χ2n) is 10.6. The van der Waals surface area contributed by atoms with Crippen LogP contribution in [0.4, 0.5) is 0 Å². The van der Waals surface area contributed by atoms with Gasteiger partial charge in [0.25, 0.3) is 0 Å². The Hall–Kier alpha value is -2.27. The lowest BCUT2D eigenvalue weighted by Crippen LogP contribution is -2.20. The highest BCUT2D eigenvalue weighted by Gasteiger charge is 2.28. The molecular weight excluding hydrogens is 426 g/mol. The van der Waals surface area contributed by atoms with Gasteiger partial charge in [-0.15, -0.1) is 0 Å². The predicted molar refractivity (Wildman–Crippen MR) is 149 cm³/mol. The fourth-order valence-corrected chi connectivity index (χ4v) is 5.64. The van der Waals surface area contributed by atoms with Gasteiger partial charge in [0.1, 0.15) is 5.75 Å². The number of hydrogen-bond donors (Lipinski definition) is 0. The molecule has 0 N–H and O–H groups in total. The third-order valence-corrected chi connectivity index (χ3v) is 7.96. The second-order valence-corrected chi connectivity index (χ2v) is 10.6. The molecule has 0 aromatic heterocycles. The number of benzene rings is 2. The van der Waals surface area contributed by atoms with Crippen LogP contribution in [0.15, 0.2) is 48.5 Å². The first-order valence-electron chi connectivity index (χ1n) is 14.5. The summed E-state index contributed by atoms with van der Waals surface area (Å²) in [6, 6.07) is 20.4. The van der Waals surface area contributed by atoms with Crippen LogP contribution in [0.5, 0.6) is 5.75 Å². The molecular formula is C33H47NO. The molecule has 0 radical (unpaired) electrons. The quantitative estimate of drug-likeness (QED) is 0.241. The Morgan fingerprint density at radius 2 is 1.31 bits per heavy atom. The van der Waals surface area contributed by atoms with Crippen LogP contribution >= 0.6 is 0 Å². The van der Waals surface area contributed by atoms with Gasteiger partial charge in [-0.05, 0) is 79.2 Å². The second kappa shape index (κ2) is 15.7. The van der Waals surface area contributed by atoms with E-state index >= 15 is 0 Å². The van der Waals surface area contributed by atoms with E-state index in [4.69, 9.17) is 4.74 Å². The third kappa shape index (κ3) is 9.03. The minimum atomic E-state index is 0.267. The van der Waals surface area contributed by atoms with E-state index in [1.807, 2.05) is 0 Å². The van der Waals surface area contributed by atoms with Crippen molar-refractivity contribution in [1.29, 1.82) is 5.26 Å². The van der Waals surface area contributed by atoms with E-state index in [2.05, 4.69) is 68.4 Å². The number of unbranched alkanes of at least 4 members (excludes halogenated alkanes) is 7. The molecule has 1 saturated carbocycles. The van der Waals surface area contributed by atoms with Gasteiger partial charge >= 0.3 is 0 Å². The maximum atomic E-state index is 9.74. The lowest BCUT2D eigenvalue weighted by atomic mass is 9.73. The van der Waals surface area contributed by atoms with Gasteiger partial charge in [-0.3, -0.25) is 0 Å². The number of hydrogen-bond acceptors (Lipinski definition) is 2. The summed E-state index contributed by atoms with van der Waals surface area (Å²) in [5, 5.41) is 9.74. The minimum absolute atomic E-state index is 0.267. The van der Waals surface area contributed by atoms with E-state index in [0.29, 0.717) is 11.8 Å². The monoisotopic (exact) mass is 473 g/mol. The summed E-state index contributed by atoms with van der Waals surface area (Å²) in [6.07, 6.45) is 17.4. The lowest BCUT2D eigenvalue weighted by Gasteiger charge is -2.31. The lowest BCUT2D eigenvalue weighted by molar-refractivity contribution is 0.256. The summed E-state index contributed by atoms with van der Waals surface area (Å²) in [6.45, 7) is 5.30. The average Bonchev–Trinajstić information content (AvgIpc) is 2.91. The van der Waals surface area contributed by atoms with Gasteiger partial charge in [0.05, 0.1) is 12.7 Å². The first-order chi connectivity index (χ1) is 17.2. The summed E-state index contributed by atoms with van der Waals surface area (Å²) in [7, 11) is 0. The molecule has 1 fully saturated rings. The Balaban J connectivity index is 1.44. The third-order valence-electron chi connectivity index (χ3n) is 7.96. The fourth-order valence-electron chi connectivity index (χ4n) is 5.64. The zero-order valence-corrected chi connectivity index (χ0v) is 22.3. The van der Waals surface area contributed by atoms with Crippen LogP contribution in [-0.2, 0) is 0 Å². The normalized spacial score (nSPS) is 18.7. The molecule has 2 heteroatoms. The standard InChI is InChI=1S/C33H47NO/c1-3-5-7-9-10-12-32(26-34)31-19-17-28(18-20-31)27-13-15-29(16-14-27)30-21-23-33(24-22-30)35-25-11-8-6-4-2/h13-16,21-24,28,31-32H,3-12,17-20,25H2,1-2H3. The van der Waals surface area contributed by atoms with Crippen molar-refractivity contribution in [1.82, 2.24) is 0 Å². The molecule has 2 aromatic carbocycles. The van der Waals surface area contributed by atoms with Gasteiger partial charge in [-0.25, -0.2) is 0 Å². The maximum Gasteiger partial charge on any atom is 0.119 e. The molecule has 2 nitrogen and oxygen atoms in total. The Morgan fingerprint density at radius 1 is 0.743 bits per heavy atom. The molecule has 1 aliphatic rings. The Morgan fingerprint density at radius 3 is 1.91 bits per heavy atom. The van der Waals surface area contributed by atoms with Crippen LogP contribution in [0.25, 0.3) is 11.1 Å². The predicted octanol–water partition coefficient (Wildman–Crippen LogP) is 10.1. The van der Waals surface area contributed by atoms with E-state index in [0.717, 1.165) is 25.2 Å². The van der Waals surface area contributed by atoms with Crippen LogP contribution in [-0.4, -0.2) is 6.61 Å². The van der Waals surface area contributed by atoms with Gasteiger partial charge in [0, 0.05) is 5.92 Å². The summed E-state index contributed by atoms with van der Waals surface area (Å²) < 4.78 is 5.89. The summed E-state index contributed by atoms with van der Waals surface area (Å²) in [5.41, 5.74) is 3.98. The van der Waals surface area contributed by atoms with E-state index in [-0.39, 0.29) is 5.92 Å². The molecule has 1 aliphatic carbocycles. The maximum absolute atomic E-state index is 9.74. The number of nitrogens with zero attached hydrogens (tertiary/aromatic N) is 1. The highest BCUT2D eigenvalue weighted by atomic mass is 16.5. The Bertz CT molecular complexity index is 855. The zero-order valence-electron chi connectivity index (χ0n) is 22.3. The van der Waals surface area contributed by atoms with Crippen molar-refractivity contribution in [3.05, 3.63) is 54.1 Å². The van der Waals surface area contributed by atoms with Gasteiger partial charge in [-0.1, -0.05) is 102 Å². The van der Waals surface area contributed by atoms with Gasteiger partial charge in [0.15, 0.2) is 0 Å². The molecule has 0 bridgehead atoms. The van der Waals surface area contributed by atoms with Crippen molar-refractivity contribution in [3.8, 4) is 22.9 Å². The molecule has 0 spiro atoms. The molecule has 3 rings (SSSR count). The largest absolute Gasteiger partial charge is 0.494 e. The molecule has 0 amide bonds.